The molecule has 1 aromatic rings. The molecule has 1 saturated heterocycles. The number of benzene rings is 1. The minimum absolute atomic E-state index is 0.0547. The molecule has 0 radical (unpaired) electrons. The number of fused-ring (bicyclic) bond motifs is 1. The fourth-order valence-electron chi connectivity index (χ4n) is 2.70. The van der Waals surface area contributed by atoms with E-state index in [1.54, 1.807) is 7.05 Å². The van der Waals surface area contributed by atoms with E-state index in [1.807, 2.05) is 23.1 Å². The van der Waals surface area contributed by atoms with Crippen LogP contribution in [0.5, 0.6) is 0 Å². The van der Waals surface area contributed by atoms with E-state index < -0.39 is 9.84 Å². The zero-order chi connectivity index (χ0) is 14.3. The van der Waals surface area contributed by atoms with Gasteiger partial charge in [0, 0.05) is 30.0 Å². The van der Waals surface area contributed by atoms with Gasteiger partial charge < -0.3 is 15.5 Å². The summed E-state index contributed by atoms with van der Waals surface area (Å²) in [4.78, 5) is 13.8. The van der Waals surface area contributed by atoms with Crippen molar-refractivity contribution < 1.29 is 13.2 Å². The Bertz CT molecular complexity index is 643. The third-order valence-electron chi connectivity index (χ3n) is 3.87. The molecule has 1 atom stereocenters. The summed E-state index contributed by atoms with van der Waals surface area (Å²) in [6, 6.07) is 5.48. The molecule has 0 aromatic heterocycles. The lowest BCUT2D eigenvalue weighted by atomic mass is 10.1. The van der Waals surface area contributed by atoms with Crippen LogP contribution in [0.4, 0.5) is 11.4 Å². The molecule has 6 nitrogen and oxygen atoms in total. The van der Waals surface area contributed by atoms with Crippen LogP contribution in [0.2, 0.25) is 0 Å². The first-order chi connectivity index (χ1) is 9.50. The predicted octanol–water partition coefficient (Wildman–Crippen LogP) is 0.134. The number of rotatable bonds is 2. The highest BCUT2D eigenvalue weighted by Gasteiger charge is 2.30. The lowest BCUT2D eigenvalue weighted by molar-refractivity contribution is -0.117. The molecule has 1 amide bonds. The molecule has 108 valence electrons. The lowest BCUT2D eigenvalue weighted by Crippen LogP contribution is -2.40. The summed E-state index contributed by atoms with van der Waals surface area (Å²) in [6.07, 6.45) is 0. The van der Waals surface area contributed by atoms with Crippen LogP contribution in [-0.2, 0) is 14.6 Å². The van der Waals surface area contributed by atoms with Crippen molar-refractivity contribution in [1.29, 1.82) is 0 Å². The van der Waals surface area contributed by atoms with Crippen molar-refractivity contribution in [2.45, 2.75) is 6.04 Å². The molecule has 2 heterocycles. The van der Waals surface area contributed by atoms with Gasteiger partial charge in [0.2, 0.25) is 5.91 Å². The van der Waals surface area contributed by atoms with Crippen LogP contribution in [0, 0.1) is 0 Å². The molecule has 2 aliphatic heterocycles. The van der Waals surface area contributed by atoms with Gasteiger partial charge in [0.15, 0.2) is 9.84 Å². The number of hydrogen-bond donors (Lipinski definition) is 2. The maximum absolute atomic E-state index is 11.8. The van der Waals surface area contributed by atoms with Crippen LogP contribution in [0.1, 0.15) is 11.6 Å². The highest BCUT2D eigenvalue weighted by molar-refractivity contribution is 7.91. The van der Waals surface area contributed by atoms with Crippen molar-refractivity contribution in [2.75, 3.05) is 41.9 Å². The van der Waals surface area contributed by atoms with Gasteiger partial charge in [-0.3, -0.25) is 4.79 Å². The Morgan fingerprint density at radius 1 is 1.30 bits per heavy atom. The largest absolute Gasteiger partial charge is 0.369 e. The summed E-state index contributed by atoms with van der Waals surface area (Å²) in [7, 11) is -1.13. The van der Waals surface area contributed by atoms with E-state index in [1.165, 1.54) is 0 Å². The smallest absolute Gasteiger partial charge is 0.246 e. The molecule has 3 rings (SSSR count). The van der Waals surface area contributed by atoms with E-state index in [9.17, 15) is 13.2 Å². The Hall–Kier alpha value is -1.60. The first-order valence-electron chi connectivity index (χ1n) is 6.57. The average molecular weight is 295 g/mol. The fraction of sp³-hybridized carbons (Fsp3) is 0.462. The molecule has 1 aromatic carbocycles. The van der Waals surface area contributed by atoms with Crippen LogP contribution in [0.25, 0.3) is 0 Å². The Morgan fingerprint density at radius 2 is 2.00 bits per heavy atom. The van der Waals surface area contributed by atoms with Crippen molar-refractivity contribution in [2.24, 2.45) is 0 Å². The van der Waals surface area contributed by atoms with Crippen LogP contribution in [0.3, 0.4) is 0 Å². The number of amides is 1. The number of carbonyl (C=O) groups is 1. The molecule has 2 aliphatic rings. The molecule has 0 aliphatic carbocycles. The summed E-state index contributed by atoms with van der Waals surface area (Å²) in [5, 5.41) is 5.82. The quantitative estimate of drug-likeness (QED) is 0.811. The van der Waals surface area contributed by atoms with Gasteiger partial charge in [0.05, 0.1) is 11.5 Å². The van der Waals surface area contributed by atoms with E-state index in [-0.39, 0.29) is 23.5 Å². The van der Waals surface area contributed by atoms with Gasteiger partial charge in [0.25, 0.3) is 0 Å². The van der Waals surface area contributed by atoms with Crippen molar-refractivity contribution in [1.82, 2.24) is 5.32 Å². The summed E-state index contributed by atoms with van der Waals surface area (Å²) in [5.74, 6) is 0.325. The highest BCUT2D eigenvalue weighted by atomic mass is 32.2. The normalized spacial score (nSPS) is 24.4. The summed E-state index contributed by atoms with van der Waals surface area (Å²) >= 11 is 0. The highest BCUT2D eigenvalue weighted by Crippen LogP contribution is 2.34. The Kier molecular flexibility index (Phi) is 3.18. The third-order valence-corrected chi connectivity index (χ3v) is 5.48. The van der Waals surface area contributed by atoms with Crippen LogP contribution < -0.4 is 15.5 Å². The van der Waals surface area contributed by atoms with Crippen molar-refractivity contribution in [3.8, 4) is 0 Å². The standard InChI is InChI=1S/C13H17N3O3S/c1-14-12-10-3-2-9(8-11(10)15-13(12)17)16-4-6-20(18,19)7-5-16/h2-3,8,12,14H,4-7H2,1H3,(H,15,17). The maximum Gasteiger partial charge on any atom is 0.246 e. The van der Waals surface area contributed by atoms with E-state index in [4.69, 9.17) is 0 Å². The van der Waals surface area contributed by atoms with E-state index >= 15 is 0 Å². The van der Waals surface area contributed by atoms with Gasteiger partial charge in [0.1, 0.15) is 6.04 Å². The van der Waals surface area contributed by atoms with Gasteiger partial charge >= 0.3 is 0 Å². The van der Waals surface area contributed by atoms with Crippen LogP contribution >= 0.6 is 0 Å². The Labute approximate surface area is 118 Å². The average Bonchev–Trinajstić information content (AvgIpc) is 2.72. The van der Waals surface area contributed by atoms with Crippen LogP contribution in [-0.4, -0.2) is 46.0 Å². The molecule has 0 spiro atoms. The second-order valence-corrected chi connectivity index (χ2v) is 7.42. The monoisotopic (exact) mass is 295 g/mol. The Balaban J connectivity index is 1.84. The molecule has 0 saturated carbocycles. The van der Waals surface area contributed by atoms with Crippen LogP contribution in [0.15, 0.2) is 18.2 Å². The molecule has 1 fully saturated rings. The number of carbonyl (C=O) groups excluding carboxylic acids is 1. The first kappa shape index (κ1) is 13.4. The molecule has 20 heavy (non-hydrogen) atoms. The van der Waals surface area contributed by atoms with Gasteiger partial charge in [-0.25, -0.2) is 8.42 Å². The number of anilines is 2. The van der Waals surface area contributed by atoms with E-state index in [2.05, 4.69) is 10.6 Å². The van der Waals surface area contributed by atoms with E-state index in [0.29, 0.717) is 13.1 Å². The molecule has 0 bridgehead atoms. The molecule has 2 N–H and O–H groups in total. The third kappa shape index (κ3) is 2.27. The molecule has 1 unspecified atom stereocenters. The Morgan fingerprint density at radius 3 is 2.65 bits per heavy atom. The van der Waals surface area contributed by atoms with Gasteiger partial charge in [-0.1, -0.05) is 6.07 Å². The summed E-state index contributed by atoms with van der Waals surface area (Å²) < 4.78 is 22.9. The van der Waals surface area contributed by atoms with Gasteiger partial charge in [-0.15, -0.1) is 0 Å². The van der Waals surface area contributed by atoms with E-state index in [0.717, 1.165) is 16.9 Å². The first-order valence-corrected chi connectivity index (χ1v) is 8.40. The van der Waals surface area contributed by atoms with Crippen molar-refractivity contribution >= 4 is 27.1 Å². The SMILES string of the molecule is CNC1C(=O)Nc2cc(N3CCS(=O)(=O)CC3)ccc21. The number of nitrogens with one attached hydrogen (secondary N) is 2. The zero-order valence-corrected chi connectivity index (χ0v) is 12.0. The number of nitrogens with zero attached hydrogens (tertiary/aromatic N) is 1. The minimum Gasteiger partial charge on any atom is -0.369 e. The summed E-state index contributed by atoms with van der Waals surface area (Å²) in [6.45, 7) is 1.01. The minimum atomic E-state index is -2.88. The molecular formula is C13H17N3O3S. The predicted molar refractivity (Wildman–Crippen MR) is 77.7 cm³/mol. The van der Waals surface area contributed by atoms with Crippen molar-refractivity contribution in [3.63, 3.8) is 0 Å². The second-order valence-electron chi connectivity index (χ2n) is 5.12. The molecular weight excluding hydrogens is 278 g/mol. The lowest BCUT2D eigenvalue weighted by Gasteiger charge is -2.29. The van der Waals surface area contributed by atoms with Gasteiger partial charge in [-0.2, -0.15) is 0 Å². The number of sulfone groups is 1. The summed E-state index contributed by atoms with van der Waals surface area (Å²) in [5.41, 5.74) is 2.70. The number of hydrogen-bond acceptors (Lipinski definition) is 5. The second kappa shape index (κ2) is 4.75. The molecule has 7 heteroatoms. The topological polar surface area (TPSA) is 78.5 Å². The number of likely N-dealkylation sites (N-methyl/N-ethyl adjacent to an activating group) is 1. The van der Waals surface area contributed by atoms with Gasteiger partial charge in [-0.05, 0) is 19.2 Å². The fourth-order valence-corrected chi connectivity index (χ4v) is 3.91. The zero-order valence-electron chi connectivity index (χ0n) is 11.2. The van der Waals surface area contributed by atoms with Crippen molar-refractivity contribution in [3.05, 3.63) is 23.8 Å². The maximum atomic E-state index is 11.8.